The summed E-state index contributed by atoms with van der Waals surface area (Å²) < 4.78 is 9.83. The Kier molecular flexibility index (Phi) is 4.50. The molecule has 0 amide bonds. The highest BCUT2D eigenvalue weighted by Crippen LogP contribution is 2.24. The van der Waals surface area contributed by atoms with Crippen LogP contribution in [0, 0.1) is 0 Å². The molecular weight excluding hydrogens is 256 g/mol. The molecule has 1 unspecified atom stereocenters. The van der Waals surface area contributed by atoms with E-state index in [1.165, 1.54) is 7.11 Å². The van der Waals surface area contributed by atoms with Gasteiger partial charge in [-0.2, -0.15) is 0 Å². The van der Waals surface area contributed by atoms with Crippen LogP contribution in [0.25, 0.3) is 11.1 Å². The summed E-state index contributed by atoms with van der Waals surface area (Å²) in [6.07, 6.45) is -0.827. The molecule has 2 aromatic rings. The van der Waals surface area contributed by atoms with Crippen LogP contribution in [0.4, 0.5) is 0 Å². The number of hydrogen-bond acceptors (Lipinski definition) is 4. The fraction of sp³-hybridized carbons (Fsp3) is 0.125. The van der Waals surface area contributed by atoms with E-state index in [1.807, 2.05) is 36.4 Å². The average molecular weight is 270 g/mol. The number of carbonyl (C=O) groups is 2. The van der Waals surface area contributed by atoms with Gasteiger partial charge in [0, 0.05) is 0 Å². The summed E-state index contributed by atoms with van der Waals surface area (Å²) in [5, 5.41) is 0. The number of carbonyl (C=O) groups excluding carboxylic acids is 2. The Morgan fingerprint density at radius 3 is 2.40 bits per heavy atom. The molecule has 20 heavy (non-hydrogen) atoms. The van der Waals surface area contributed by atoms with Crippen molar-refractivity contribution in [1.82, 2.24) is 0 Å². The Morgan fingerprint density at radius 1 is 1.05 bits per heavy atom. The number of hydrogen-bond donors (Lipinski definition) is 0. The number of benzene rings is 2. The normalized spacial score (nSPS) is 11.4. The Hall–Kier alpha value is -2.62. The standard InChI is InChI=1S/C16H14O4/c1-19-16(18)15(11-17)20-14-9-5-8-13(10-14)12-6-3-2-4-7-12/h2-11,15H,1H3. The molecule has 0 heterocycles. The van der Waals surface area contributed by atoms with Gasteiger partial charge in [-0.1, -0.05) is 42.5 Å². The monoisotopic (exact) mass is 270 g/mol. The molecule has 1 atom stereocenters. The molecule has 0 N–H and O–H groups in total. The van der Waals surface area contributed by atoms with Gasteiger partial charge in [-0.3, -0.25) is 4.79 Å². The lowest BCUT2D eigenvalue weighted by atomic mass is 10.1. The number of aldehydes is 1. The maximum Gasteiger partial charge on any atom is 0.354 e. The Labute approximate surface area is 116 Å². The molecule has 2 rings (SSSR count). The van der Waals surface area contributed by atoms with E-state index < -0.39 is 12.1 Å². The van der Waals surface area contributed by atoms with Gasteiger partial charge < -0.3 is 9.47 Å². The predicted molar refractivity (Wildman–Crippen MR) is 74.4 cm³/mol. The van der Waals surface area contributed by atoms with Gasteiger partial charge in [-0.25, -0.2) is 4.79 Å². The lowest BCUT2D eigenvalue weighted by molar-refractivity contribution is -0.150. The maximum atomic E-state index is 11.3. The molecule has 0 fully saturated rings. The van der Waals surface area contributed by atoms with E-state index in [0.717, 1.165) is 11.1 Å². The van der Waals surface area contributed by atoms with Crippen LogP contribution in [0.3, 0.4) is 0 Å². The van der Waals surface area contributed by atoms with Crippen LogP contribution in [-0.2, 0) is 14.3 Å². The smallest absolute Gasteiger partial charge is 0.354 e. The van der Waals surface area contributed by atoms with Crippen LogP contribution in [0.1, 0.15) is 0 Å². The second-order valence-electron chi connectivity index (χ2n) is 4.09. The van der Waals surface area contributed by atoms with E-state index in [9.17, 15) is 9.59 Å². The Balaban J connectivity index is 2.22. The summed E-state index contributed by atoms with van der Waals surface area (Å²) in [4.78, 5) is 22.2. The van der Waals surface area contributed by atoms with E-state index in [2.05, 4.69) is 4.74 Å². The second kappa shape index (κ2) is 6.52. The number of ether oxygens (including phenoxy) is 2. The van der Waals surface area contributed by atoms with Crippen LogP contribution in [0.15, 0.2) is 54.6 Å². The van der Waals surface area contributed by atoms with Crippen LogP contribution in [0.2, 0.25) is 0 Å². The molecule has 4 nitrogen and oxygen atoms in total. The molecule has 0 spiro atoms. The lowest BCUT2D eigenvalue weighted by Crippen LogP contribution is -2.29. The highest BCUT2D eigenvalue weighted by atomic mass is 16.6. The van der Waals surface area contributed by atoms with Gasteiger partial charge in [0.25, 0.3) is 0 Å². The van der Waals surface area contributed by atoms with Crippen molar-refractivity contribution in [3.63, 3.8) is 0 Å². The fourth-order valence-corrected chi connectivity index (χ4v) is 1.77. The molecule has 102 valence electrons. The number of methoxy groups -OCH3 is 1. The van der Waals surface area contributed by atoms with E-state index >= 15 is 0 Å². The van der Waals surface area contributed by atoms with Gasteiger partial charge >= 0.3 is 5.97 Å². The summed E-state index contributed by atoms with van der Waals surface area (Å²) in [5.74, 6) is -0.279. The molecule has 0 aromatic heterocycles. The van der Waals surface area contributed by atoms with E-state index in [0.29, 0.717) is 12.0 Å². The van der Waals surface area contributed by atoms with E-state index in [4.69, 9.17) is 4.74 Å². The van der Waals surface area contributed by atoms with Crippen LogP contribution in [0.5, 0.6) is 5.75 Å². The summed E-state index contributed by atoms with van der Waals surface area (Å²) >= 11 is 0. The summed E-state index contributed by atoms with van der Waals surface area (Å²) in [7, 11) is 1.21. The van der Waals surface area contributed by atoms with Crippen molar-refractivity contribution < 1.29 is 19.1 Å². The number of esters is 1. The zero-order chi connectivity index (χ0) is 14.4. The van der Waals surface area contributed by atoms with Crippen molar-refractivity contribution in [3.8, 4) is 16.9 Å². The minimum atomic E-state index is -1.24. The molecule has 0 aliphatic rings. The van der Waals surface area contributed by atoms with Crippen molar-refractivity contribution in [1.29, 1.82) is 0 Å². The first-order valence-corrected chi connectivity index (χ1v) is 6.10. The van der Waals surface area contributed by atoms with Crippen LogP contribution >= 0.6 is 0 Å². The van der Waals surface area contributed by atoms with Gasteiger partial charge in [-0.15, -0.1) is 0 Å². The zero-order valence-electron chi connectivity index (χ0n) is 11.0. The van der Waals surface area contributed by atoms with Crippen molar-refractivity contribution in [3.05, 3.63) is 54.6 Å². The van der Waals surface area contributed by atoms with Gasteiger partial charge in [0.2, 0.25) is 6.10 Å². The molecular formula is C16H14O4. The largest absolute Gasteiger partial charge is 0.471 e. The first kappa shape index (κ1) is 13.8. The maximum absolute atomic E-state index is 11.3. The van der Waals surface area contributed by atoms with Gasteiger partial charge in [0.1, 0.15) is 5.75 Å². The van der Waals surface area contributed by atoms with Gasteiger partial charge in [-0.05, 0) is 23.3 Å². The highest BCUT2D eigenvalue weighted by molar-refractivity contribution is 5.91. The summed E-state index contributed by atoms with van der Waals surface area (Å²) in [6, 6.07) is 16.9. The summed E-state index contributed by atoms with van der Waals surface area (Å²) in [6.45, 7) is 0. The lowest BCUT2D eigenvalue weighted by Gasteiger charge is -2.12. The fourth-order valence-electron chi connectivity index (χ4n) is 1.77. The third kappa shape index (κ3) is 3.23. The highest BCUT2D eigenvalue weighted by Gasteiger charge is 2.20. The second-order valence-corrected chi connectivity index (χ2v) is 4.09. The van der Waals surface area contributed by atoms with Crippen molar-refractivity contribution in [2.45, 2.75) is 6.10 Å². The average Bonchev–Trinajstić information content (AvgIpc) is 2.53. The predicted octanol–water partition coefficient (Wildman–Crippen LogP) is 2.47. The minimum Gasteiger partial charge on any atom is -0.471 e. The third-order valence-electron chi connectivity index (χ3n) is 2.76. The SMILES string of the molecule is COC(=O)C(C=O)Oc1cccc(-c2ccccc2)c1. The Bertz CT molecular complexity index is 592. The zero-order valence-corrected chi connectivity index (χ0v) is 11.0. The minimum absolute atomic E-state index is 0.418. The molecule has 0 bridgehead atoms. The topological polar surface area (TPSA) is 52.6 Å². The molecule has 4 heteroatoms. The van der Waals surface area contributed by atoms with Gasteiger partial charge in [0.15, 0.2) is 6.29 Å². The Morgan fingerprint density at radius 2 is 1.75 bits per heavy atom. The molecule has 0 aliphatic carbocycles. The van der Waals surface area contributed by atoms with Crippen LogP contribution in [-0.4, -0.2) is 25.5 Å². The quantitative estimate of drug-likeness (QED) is 0.476. The third-order valence-corrected chi connectivity index (χ3v) is 2.76. The molecule has 0 saturated heterocycles. The van der Waals surface area contributed by atoms with Crippen LogP contribution < -0.4 is 4.74 Å². The van der Waals surface area contributed by atoms with E-state index in [-0.39, 0.29) is 0 Å². The molecule has 0 saturated carbocycles. The van der Waals surface area contributed by atoms with Crippen molar-refractivity contribution in [2.24, 2.45) is 0 Å². The first-order chi connectivity index (χ1) is 9.74. The first-order valence-electron chi connectivity index (χ1n) is 6.10. The molecule has 0 radical (unpaired) electrons. The molecule has 2 aromatic carbocycles. The van der Waals surface area contributed by atoms with Crippen molar-refractivity contribution >= 4 is 12.3 Å². The number of rotatable bonds is 5. The summed E-state index contributed by atoms with van der Waals surface area (Å²) in [5.41, 5.74) is 1.97. The van der Waals surface area contributed by atoms with Crippen molar-refractivity contribution in [2.75, 3.05) is 7.11 Å². The van der Waals surface area contributed by atoms with E-state index in [1.54, 1.807) is 18.2 Å². The van der Waals surface area contributed by atoms with Gasteiger partial charge in [0.05, 0.1) is 7.11 Å². The molecule has 0 aliphatic heterocycles.